The molecule has 19 heavy (non-hydrogen) atoms. The molecule has 4 nitrogen and oxygen atoms in total. The molecular formula is C15H21NO3. The van der Waals surface area contributed by atoms with E-state index >= 15 is 0 Å². The molecule has 1 aliphatic heterocycles. The first-order chi connectivity index (χ1) is 9.15. The fourth-order valence-corrected chi connectivity index (χ4v) is 2.30. The van der Waals surface area contributed by atoms with Crippen LogP contribution in [-0.4, -0.2) is 41.7 Å². The summed E-state index contributed by atoms with van der Waals surface area (Å²) in [7, 11) is 0. The van der Waals surface area contributed by atoms with Crippen LogP contribution in [0, 0.1) is 6.92 Å². The highest BCUT2D eigenvalue weighted by Gasteiger charge is 2.21. The van der Waals surface area contributed by atoms with E-state index in [4.69, 9.17) is 4.74 Å². The molecule has 4 heteroatoms. The number of carbonyl (C=O) groups excluding carboxylic acids is 1. The molecule has 0 aliphatic carbocycles. The molecule has 1 aliphatic rings. The Morgan fingerprint density at radius 1 is 1.53 bits per heavy atom. The Morgan fingerprint density at radius 2 is 2.37 bits per heavy atom. The molecule has 1 N–H and O–H groups in total. The number of aliphatic hydroxyl groups is 1. The average molecular weight is 263 g/mol. The van der Waals surface area contributed by atoms with Crippen LogP contribution in [0.1, 0.15) is 24.8 Å². The first kappa shape index (κ1) is 13.9. The van der Waals surface area contributed by atoms with E-state index in [1.54, 1.807) is 4.90 Å². The summed E-state index contributed by atoms with van der Waals surface area (Å²) in [6.45, 7) is 3.60. The van der Waals surface area contributed by atoms with E-state index in [1.165, 1.54) is 0 Å². The standard InChI is InChI=1S/C15H21NO3/c1-12-4-2-6-14(10-12)19-9-7-15(18)16-8-3-5-13(17)11-16/h2,4,6,10,13,17H,3,5,7-9,11H2,1H3/t13-/m0/s1. The van der Waals surface area contributed by atoms with Crippen molar-refractivity contribution in [1.29, 1.82) is 0 Å². The minimum atomic E-state index is -0.365. The molecule has 0 saturated carbocycles. The van der Waals surface area contributed by atoms with Crippen LogP contribution in [0.4, 0.5) is 0 Å². The lowest BCUT2D eigenvalue weighted by Gasteiger charge is -2.30. The normalized spacial score (nSPS) is 19.3. The lowest BCUT2D eigenvalue weighted by molar-refractivity contribution is -0.134. The van der Waals surface area contributed by atoms with E-state index in [-0.39, 0.29) is 12.0 Å². The SMILES string of the molecule is Cc1cccc(OCCC(=O)N2CCC[C@H](O)C2)c1. The lowest BCUT2D eigenvalue weighted by atomic mass is 10.1. The molecule has 0 aromatic heterocycles. The Hall–Kier alpha value is -1.55. The van der Waals surface area contributed by atoms with Crippen LogP contribution in [-0.2, 0) is 4.79 Å². The molecule has 1 atom stereocenters. The van der Waals surface area contributed by atoms with Crippen molar-refractivity contribution in [3.63, 3.8) is 0 Å². The summed E-state index contributed by atoms with van der Waals surface area (Å²) in [5.41, 5.74) is 1.14. The molecule has 1 saturated heterocycles. The number of β-amino-alcohol motifs (C(OH)–C–C–N with tert-alkyl or cyclic N) is 1. The third-order valence-corrected chi connectivity index (χ3v) is 3.32. The quantitative estimate of drug-likeness (QED) is 0.900. The minimum absolute atomic E-state index is 0.0615. The maximum atomic E-state index is 11.9. The van der Waals surface area contributed by atoms with Gasteiger partial charge in [-0.1, -0.05) is 12.1 Å². The van der Waals surface area contributed by atoms with Gasteiger partial charge in [-0.25, -0.2) is 0 Å². The number of aryl methyl sites for hydroxylation is 1. The highest BCUT2D eigenvalue weighted by molar-refractivity contribution is 5.76. The summed E-state index contributed by atoms with van der Waals surface area (Å²) < 4.78 is 5.57. The first-order valence-electron chi connectivity index (χ1n) is 6.80. The van der Waals surface area contributed by atoms with Gasteiger partial charge in [0.05, 0.1) is 19.1 Å². The zero-order chi connectivity index (χ0) is 13.7. The average Bonchev–Trinajstić information content (AvgIpc) is 2.38. The van der Waals surface area contributed by atoms with Crippen LogP contribution in [0.15, 0.2) is 24.3 Å². The van der Waals surface area contributed by atoms with Gasteiger partial charge in [0.2, 0.25) is 5.91 Å². The van der Waals surface area contributed by atoms with Crippen LogP contribution in [0.25, 0.3) is 0 Å². The van der Waals surface area contributed by atoms with Crippen molar-refractivity contribution in [2.75, 3.05) is 19.7 Å². The predicted molar refractivity (Wildman–Crippen MR) is 73.1 cm³/mol. The Balaban J connectivity index is 1.74. The maximum absolute atomic E-state index is 11.9. The van der Waals surface area contributed by atoms with Crippen LogP contribution < -0.4 is 4.74 Å². The largest absolute Gasteiger partial charge is 0.493 e. The highest BCUT2D eigenvalue weighted by Crippen LogP contribution is 2.14. The van der Waals surface area contributed by atoms with E-state index in [1.807, 2.05) is 31.2 Å². The van der Waals surface area contributed by atoms with Gasteiger partial charge in [0.1, 0.15) is 5.75 Å². The molecule has 104 valence electrons. The number of hydrogen-bond donors (Lipinski definition) is 1. The Morgan fingerprint density at radius 3 is 3.11 bits per heavy atom. The van der Waals surface area contributed by atoms with E-state index in [9.17, 15) is 9.90 Å². The zero-order valence-electron chi connectivity index (χ0n) is 11.3. The second-order valence-electron chi connectivity index (χ2n) is 5.05. The van der Waals surface area contributed by atoms with Crippen molar-refractivity contribution in [1.82, 2.24) is 4.90 Å². The van der Waals surface area contributed by atoms with Gasteiger partial charge in [0.15, 0.2) is 0 Å². The highest BCUT2D eigenvalue weighted by atomic mass is 16.5. The summed E-state index contributed by atoms with van der Waals surface area (Å²) >= 11 is 0. The van der Waals surface area contributed by atoms with E-state index < -0.39 is 0 Å². The number of ether oxygens (including phenoxy) is 1. The van der Waals surface area contributed by atoms with Crippen molar-refractivity contribution in [2.45, 2.75) is 32.3 Å². The third-order valence-electron chi connectivity index (χ3n) is 3.32. The van der Waals surface area contributed by atoms with E-state index in [0.29, 0.717) is 19.6 Å². The number of likely N-dealkylation sites (tertiary alicyclic amines) is 1. The molecule has 0 radical (unpaired) electrons. The van der Waals surface area contributed by atoms with Crippen molar-refractivity contribution < 1.29 is 14.6 Å². The van der Waals surface area contributed by atoms with Crippen LogP contribution >= 0.6 is 0 Å². The summed E-state index contributed by atoms with van der Waals surface area (Å²) in [5, 5.41) is 9.54. The van der Waals surface area contributed by atoms with E-state index in [0.717, 1.165) is 30.7 Å². The molecule has 1 aromatic carbocycles. The van der Waals surface area contributed by atoms with Crippen LogP contribution in [0.3, 0.4) is 0 Å². The van der Waals surface area contributed by atoms with Crippen molar-refractivity contribution in [3.05, 3.63) is 29.8 Å². The van der Waals surface area contributed by atoms with E-state index in [2.05, 4.69) is 0 Å². The van der Waals surface area contributed by atoms with Gasteiger partial charge in [-0.3, -0.25) is 4.79 Å². The summed E-state index contributed by atoms with van der Waals surface area (Å²) in [4.78, 5) is 13.7. The minimum Gasteiger partial charge on any atom is -0.493 e. The number of benzene rings is 1. The van der Waals surface area contributed by atoms with Gasteiger partial charge in [0, 0.05) is 13.1 Å². The topological polar surface area (TPSA) is 49.8 Å². The molecule has 1 fully saturated rings. The molecule has 1 amide bonds. The van der Waals surface area contributed by atoms with Gasteiger partial charge >= 0.3 is 0 Å². The monoisotopic (exact) mass is 263 g/mol. The lowest BCUT2D eigenvalue weighted by Crippen LogP contribution is -2.42. The number of rotatable bonds is 4. The Bertz CT molecular complexity index is 433. The second-order valence-corrected chi connectivity index (χ2v) is 5.05. The predicted octanol–water partition coefficient (Wildman–Crippen LogP) is 1.75. The van der Waals surface area contributed by atoms with Crippen LogP contribution in [0.2, 0.25) is 0 Å². The van der Waals surface area contributed by atoms with Gasteiger partial charge < -0.3 is 14.7 Å². The van der Waals surface area contributed by atoms with Gasteiger partial charge in [-0.2, -0.15) is 0 Å². The number of hydrogen-bond acceptors (Lipinski definition) is 3. The fraction of sp³-hybridized carbons (Fsp3) is 0.533. The molecule has 0 bridgehead atoms. The third kappa shape index (κ3) is 4.24. The maximum Gasteiger partial charge on any atom is 0.226 e. The summed E-state index contributed by atoms with van der Waals surface area (Å²) in [5.74, 6) is 0.859. The number of amides is 1. The van der Waals surface area contributed by atoms with Gasteiger partial charge in [0.25, 0.3) is 0 Å². The molecule has 0 spiro atoms. The molecule has 1 heterocycles. The van der Waals surface area contributed by atoms with Gasteiger partial charge in [-0.05, 0) is 37.5 Å². The summed E-state index contributed by atoms with van der Waals surface area (Å²) in [6, 6.07) is 7.79. The molecule has 0 unspecified atom stereocenters. The number of piperidine rings is 1. The molecule has 1 aromatic rings. The van der Waals surface area contributed by atoms with Crippen molar-refractivity contribution >= 4 is 5.91 Å². The molecular weight excluding hydrogens is 242 g/mol. The number of carbonyl (C=O) groups is 1. The number of aliphatic hydroxyl groups excluding tert-OH is 1. The van der Waals surface area contributed by atoms with Crippen molar-refractivity contribution in [2.24, 2.45) is 0 Å². The zero-order valence-corrected chi connectivity index (χ0v) is 11.3. The van der Waals surface area contributed by atoms with Gasteiger partial charge in [-0.15, -0.1) is 0 Å². The fourth-order valence-electron chi connectivity index (χ4n) is 2.30. The van der Waals surface area contributed by atoms with Crippen LogP contribution in [0.5, 0.6) is 5.75 Å². The number of nitrogens with zero attached hydrogens (tertiary/aromatic N) is 1. The first-order valence-corrected chi connectivity index (χ1v) is 6.80. The Kier molecular flexibility index (Phi) is 4.80. The molecule has 2 rings (SSSR count). The Labute approximate surface area is 114 Å². The van der Waals surface area contributed by atoms with Crippen molar-refractivity contribution in [3.8, 4) is 5.75 Å². The smallest absolute Gasteiger partial charge is 0.226 e. The second kappa shape index (κ2) is 6.57. The summed E-state index contributed by atoms with van der Waals surface area (Å²) in [6.07, 6.45) is 1.67.